The van der Waals surface area contributed by atoms with Crippen molar-refractivity contribution in [1.29, 1.82) is 0 Å². The number of fused-ring (bicyclic) bond motifs is 1. The molecule has 0 aliphatic heterocycles. The molecule has 0 saturated carbocycles. The molecule has 0 unspecified atom stereocenters. The number of aldehydes is 1. The van der Waals surface area contributed by atoms with E-state index in [1.165, 1.54) is 4.57 Å². The molecule has 0 fully saturated rings. The number of carbonyl (C=O) groups is 2. The third-order valence-electron chi connectivity index (χ3n) is 2.85. The summed E-state index contributed by atoms with van der Waals surface area (Å²) in [6.45, 7) is 5.52. The van der Waals surface area contributed by atoms with Crippen LogP contribution in [0.2, 0.25) is 0 Å². The summed E-state index contributed by atoms with van der Waals surface area (Å²) in [5, 5.41) is 0.953. The van der Waals surface area contributed by atoms with Crippen LogP contribution in [0, 0.1) is 0 Å². The lowest BCUT2D eigenvalue weighted by Gasteiger charge is -2.19. The van der Waals surface area contributed by atoms with Gasteiger partial charge in [0.2, 0.25) is 0 Å². The molecule has 0 amide bonds. The second-order valence-corrected chi connectivity index (χ2v) is 5.79. The normalized spacial score (nSPS) is 12.0. The van der Waals surface area contributed by atoms with E-state index >= 15 is 0 Å². The predicted octanol–water partition coefficient (Wildman–Crippen LogP) is 4.03. The van der Waals surface area contributed by atoms with Gasteiger partial charge in [0.15, 0.2) is 0 Å². The molecule has 1 aromatic carbocycles. The van der Waals surface area contributed by atoms with E-state index in [0.29, 0.717) is 6.42 Å². The highest BCUT2D eigenvalue weighted by molar-refractivity contribution is 5.90. The minimum Gasteiger partial charge on any atom is -0.443 e. The van der Waals surface area contributed by atoms with Gasteiger partial charge < -0.3 is 9.53 Å². The molecule has 0 spiro atoms. The molecular formula is C17H19NO3. The number of aromatic nitrogens is 1. The Hall–Kier alpha value is -2.36. The molecular weight excluding hydrogens is 266 g/mol. The number of ether oxygens (including phenoxy) is 1. The van der Waals surface area contributed by atoms with Gasteiger partial charge in [-0.15, -0.1) is 0 Å². The first kappa shape index (κ1) is 15.0. The summed E-state index contributed by atoms with van der Waals surface area (Å²) in [5.74, 6) is 0. The maximum atomic E-state index is 12.1. The Morgan fingerprint density at radius 2 is 2.05 bits per heavy atom. The van der Waals surface area contributed by atoms with Gasteiger partial charge >= 0.3 is 6.09 Å². The Labute approximate surface area is 124 Å². The van der Waals surface area contributed by atoms with Crippen LogP contribution in [0.1, 0.15) is 32.8 Å². The highest BCUT2D eigenvalue weighted by Crippen LogP contribution is 2.20. The van der Waals surface area contributed by atoms with Gasteiger partial charge in [-0.3, -0.25) is 4.57 Å². The first-order chi connectivity index (χ1) is 9.90. The van der Waals surface area contributed by atoms with E-state index < -0.39 is 5.60 Å². The third kappa shape index (κ3) is 3.81. The molecule has 1 heterocycles. The van der Waals surface area contributed by atoms with E-state index in [4.69, 9.17) is 4.74 Å². The maximum absolute atomic E-state index is 12.1. The minimum absolute atomic E-state index is 0.387. The van der Waals surface area contributed by atoms with Crippen LogP contribution < -0.4 is 0 Å². The molecule has 0 aliphatic carbocycles. The fourth-order valence-corrected chi connectivity index (χ4v) is 1.99. The van der Waals surface area contributed by atoms with Crippen molar-refractivity contribution in [2.75, 3.05) is 0 Å². The summed E-state index contributed by atoms with van der Waals surface area (Å²) in [4.78, 5) is 22.4. The highest BCUT2D eigenvalue weighted by atomic mass is 16.6. The van der Waals surface area contributed by atoms with Gasteiger partial charge in [-0.1, -0.05) is 18.2 Å². The lowest BCUT2D eigenvalue weighted by atomic mass is 10.1. The highest BCUT2D eigenvalue weighted by Gasteiger charge is 2.18. The second kappa shape index (κ2) is 5.95. The molecule has 0 bridgehead atoms. The van der Waals surface area contributed by atoms with E-state index in [2.05, 4.69) is 0 Å². The van der Waals surface area contributed by atoms with Crippen LogP contribution in [-0.4, -0.2) is 22.5 Å². The van der Waals surface area contributed by atoms with Crippen molar-refractivity contribution in [1.82, 2.24) is 4.57 Å². The summed E-state index contributed by atoms with van der Waals surface area (Å²) in [6, 6.07) is 7.62. The summed E-state index contributed by atoms with van der Waals surface area (Å²) in [6.07, 6.45) is 6.27. The Morgan fingerprint density at radius 1 is 1.29 bits per heavy atom. The largest absolute Gasteiger partial charge is 0.443 e. The minimum atomic E-state index is -0.523. The van der Waals surface area contributed by atoms with E-state index in [1.807, 2.05) is 51.1 Å². The summed E-state index contributed by atoms with van der Waals surface area (Å²) in [7, 11) is 0. The lowest BCUT2D eigenvalue weighted by molar-refractivity contribution is -0.107. The SMILES string of the molecule is CC(C)(C)OC(=O)n1ccc2cc(C=CCC=O)ccc21. The maximum Gasteiger partial charge on any atom is 0.418 e. The van der Waals surface area contributed by atoms with Gasteiger partial charge in [-0.05, 0) is 44.5 Å². The average molecular weight is 285 g/mol. The first-order valence-corrected chi connectivity index (χ1v) is 6.85. The Balaban J connectivity index is 2.29. The number of benzene rings is 1. The van der Waals surface area contributed by atoms with Gasteiger partial charge in [0.25, 0.3) is 0 Å². The zero-order valence-electron chi connectivity index (χ0n) is 12.5. The molecule has 2 rings (SSSR count). The number of hydrogen-bond donors (Lipinski definition) is 0. The van der Waals surface area contributed by atoms with Crippen molar-refractivity contribution < 1.29 is 14.3 Å². The predicted molar refractivity (Wildman–Crippen MR) is 83.3 cm³/mol. The number of rotatable bonds is 3. The van der Waals surface area contributed by atoms with Crippen molar-refractivity contribution in [3.8, 4) is 0 Å². The summed E-state index contributed by atoms with van der Waals surface area (Å²) < 4.78 is 6.87. The van der Waals surface area contributed by atoms with Crippen LogP contribution in [0.4, 0.5) is 4.79 Å². The fraction of sp³-hybridized carbons (Fsp3) is 0.294. The number of hydrogen-bond acceptors (Lipinski definition) is 3. The Kier molecular flexibility index (Phi) is 4.26. The van der Waals surface area contributed by atoms with E-state index in [1.54, 1.807) is 12.3 Å². The molecule has 4 nitrogen and oxygen atoms in total. The standard InChI is InChI=1S/C17H19NO3/c1-17(2,3)21-16(20)18-10-9-14-12-13(6-4-5-11-19)7-8-15(14)18/h4,6-12H,5H2,1-3H3. The second-order valence-electron chi connectivity index (χ2n) is 5.79. The van der Waals surface area contributed by atoms with Crippen LogP contribution in [0.3, 0.4) is 0 Å². The molecule has 0 N–H and O–H groups in total. The van der Waals surface area contributed by atoms with Crippen LogP contribution in [0.15, 0.2) is 36.5 Å². The van der Waals surface area contributed by atoms with Crippen molar-refractivity contribution in [3.05, 3.63) is 42.1 Å². The quantitative estimate of drug-likeness (QED) is 0.800. The monoisotopic (exact) mass is 285 g/mol. The van der Waals surface area contributed by atoms with Crippen molar-refractivity contribution in [2.45, 2.75) is 32.8 Å². The molecule has 110 valence electrons. The molecule has 0 atom stereocenters. The number of nitrogens with zero attached hydrogens (tertiary/aromatic N) is 1. The van der Waals surface area contributed by atoms with Gasteiger partial charge in [-0.25, -0.2) is 4.79 Å². The van der Waals surface area contributed by atoms with E-state index in [-0.39, 0.29) is 6.09 Å². The zero-order valence-corrected chi connectivity index (χ0v) is 12.5. The topological polar surface area (TPSA) is 48.3 Å². The first-order valence-electron chi connectivity index (χ1n) is 6.85. The molecule has 1 aromatic heterocycles. The van der Waals surface area contributed by atoms with Crippen molar-refractivity contribution in [3.63, 3.8) is 0 Å². The van der Waals surface area contributed by atoms with Gasteiger partial charge in [-0.2, -0.15) is 0 Å². The average Bonchev–Trinajstić information content (AvgIpc) is 2.80. The van der Waals surface area contributed by atoms with Gasteiger partial charge in [0, 0.05) is 18.0 Å². The molecule has 0 aliphatic rings. The smallest absolute Gasteiger partial charge is 0.418 e. The summed E-state index contributed by atoms with van der Waals surface area (Å²) >= 11 is 0. The van der Waals surface area contributed by atoms with Crippen LogP contribution in [-0.2, 0) is 9.53 Å². The fourth-order valence-electron chi connectivity index (χ4n) is 1.99. The van der Waals surface area contributed by atoms with Gasteiger partial charge in [0.1, 0.15) is 11.9 Å². The molecule has 0 saturated heterocycles. The zero-order chi connectivity index (χ0) is 15.5. The Bertz CT molecular complexity index is 690. The summed E-state index contributed by atoms with van der Waals surface area (Å²) in [5.41, 5.74) is 1.27. The Morgan fingerprint density at radius 3 is 2.71 bits per heavy atom. The van der Waals surface area contributed by atoms with E-state index in [9.17, 15) is 9.59 Å². The van der Waals surface area contributed by atoms with E-state index in [0.717, 1.165) is 22.8 Å². The third-order valence-corrected chi connectivity index (χ3v) is 2.85. The van der Waals surface area contributed by atoms with Crippen LogP contribution >= 0.6 is 0 Å². The van der Waals surface area contributed by atoms with Crippen LogP contribution in [0.5, 0.6) is 0 Å². The number of carbonyl (C=O) groups excluding carboxylic acids is 2. The van der Waals surface area contributed by atoms with Crippen molar-refractivity contribution >= 4 is 29.4 Å². The van der Waals surface area contributed by atoms with Crippen molar-refractivity contribution in [2.24, 2.45) is 0 Å². The number of allylic oxidation sites excluding steroid dienone is 1. The van der Waals surface area contributed by atoms with Gasteiger partial charge in [0.05, 0.1) is 5.52 Å². The molecule has 21 heavy (non-hydrogen) atoms. The van der Waals surface area contributed by atoms with Crippen LogP contribution in [0.25, 0.3) is 17.0 Å². The molecule has 2 aromatic rings. The molecule has 0 radical (unpaired) electrons. The lowest BCUT2D eigenvalue weighted by Crippen LogP contribution is -2.26. The molecule has 4 heteroatoms.